The third-order valence-corrected chi connectivity index (χ3v) is 4.32. The number of pyridine rings is 1. The zero-order valence-corrected chi connectivity index (χ0v) is 13.4. The molecule has 1 unspecified atom stereocenters. The van der Waals surface area contributed by atoms with Crippen LogP contribution in [-0.4, -0.2) is 10.9 Å². The Morgan fingerprint density at radius 3 is 2.70 bits per heavy atom. The van der Waals surface area contributed by atoms with E-state index in [0.29, 0.717) is 10.6 Å². The molecule has 2 aromatic heterocycles. The highest BCUT2D eigenvalue weighted by molar-refractivity contribution is 7.99. The van der Waals surface area contributed by atoms with E-state index < -0.39 is 0 Å². The first-order valence-corrected chi connectivity index (χ1v) is 8.08. The molecule has 0 aliphatic carbocycles. The van der Waals surface area contributed by atoms with Crippen molar-refractivity contribution in [3.05, 3.63) is 78.4 Å². The van der Waals surface area contributed by atoms with Crippen LogP contribution in [0.3, 0.4) is 0 Å². The molecule has 2 heterocycles. The summed E-state index contributed by atoms with van der Waals surface area (Å²) in [7, 11) is 0. The van der Waals surface area contributed by atoms with Crippen molar-refractivity contribution in [1.82, 2.24) is 10.3 Å². The molecule has 1 atom stereocenters. The van der Waals surface area contributed by atoms with Gasteiger partial charge in [0.15, 0.2) is 0 Å². The van der Waals surface area contributed by atoms with E-state index in [2.05, 4.69) is 10.3 Å². The van der Waals surface area contributed by atoms with Crippen LogP contribution in [0.4, 0.5) is 0 Å². The van der Waals surface area contributed by atoms with Crippen LogP contribution in [0.1, 0.15) is 29.1 Å². The molecule has 0 bridgehead atoms. The van der Waals surface area contributed by atoms with Gasteiger partial charge in [-0.25, -0.2) is 4.98 Å². The van der Waals surface area contributed by atoms with Crippen LogP contribution in [-0.2, 0) is 0 Å². The Kier molecular flexibility index (Phi) is 4.78. The van der Waals surface area contributed by atoms with Gasteiger partial charge in [-0.1, -0.05) is 30.0 Å². The monoisotopic (exact) mass is 324 g/mol. The Labute approximate surface area is 138 Å². The summed E-state index contributed by atoms with van der Waals surface area (Å²) in [5.41, 5.74) is 0.555. The topological polar surface area (TPSA) is 55.1 Å². The molecule has 0 saturated carbocycles. The normalized spacial score (nSPS) is 11.9. The number of carbonyl (C=O) groups is 1. The number of nitrogens with zero attached hydrogens (tertiary/aromatic N) is 1. The molecule has 0 aliphatic heterocycles. The van der Waals surface area contributed by atoms with Gasteiger partial charge in [0.1, 0.15) is 10.8 Å². The maximum Gasteiger partial charge on any atom is 0.254 e. The number of furan rings is 1. The molecular weight excluding hydrogens is 308 g/mol. The summed E-state index contributed by atoms with van der Waals surface area (Å²) in [4.78, 5) is 17.9. The molecule has 116 valence electrons. The van der Waals surface area contributed by atoms with E-state index in [0.717, 1.165) is 10.7 Å². The number of benzene rings is 1. The average molecular weight is 324 g/mol. The summed E-state index contributed by atoms with van der Waals surface area (Å²) >= 11 is 1.47. The van der Waals surface area contributed by atoms with Gasteiger partial charge in [-0.2, -0.15) is 0 Å². The highest BCUT2D eigenvalue weighted by Gasteiger charge is 2.17. The summed E-state index contributed by atoms with van der Waals surface area (Å²) < 4.78 is 5.32. The lowest BCUT2D eigenvalue weighted by molar-refractivity contribution is 0.0931. The molecule has 0 radical (unpaired) electrons. The molecule has 1 N–H and O–H groups in total. The van der Waals surface area contributed by atoms with Crippen molar-refractivity contribution in [2.45, 2.75) is 22.9 Å². The molecule has 3 aromatic rings. The summed E-state index contributed by atoms with van der Waals surface area (Å²) in [6.45, 7) is 1.89. The van der Waals surface area contributed by atoms with Crippen LogP contribution in [0.5, 0.6) is 0 Å². The Hall–Kier alpha value is -2.53. The number of amides is 1. The fourth-order valence-electron chi connectivity index (χ4n) is 2.13. The summed E-state index contributed by atoms with van der Waals surface area (Å²) in [5, 5.41) is 3.62. The van der Waals surface area contributed by atoms with Crippen LogP contribution < -0.4 is 5.32 Å². The van der Waals surface area contributed by atoms with E-state index in [1.54, 1.807) is 30.7 Å². The Bertz CT molecular complexity index is 773. The quantitative estimate of drug-likeness (QED) is 0.759. The minimum absolute atomic E-state index is 0.166. The van der Waals surface area contributed by atoms with Crippen LogP contribution in [0.2, 0.25) is 0 Å². The number of aromatic nitrogens is 1. The Morgan fingerprint density at radius 1 is 1.13 bits per heavy atom. The van der Waals surface area contributed by atoms with Crippen molar-refractivity contribution in [3.63, 3.8) is 0 Å². The summed E-state index contributed by atoms with van der Waals surface area (Å²) in [6.07, 6.45) is 3.29. The van der Waals surface area contributed by atoms with Gasteiger partial charge >= 0.3 is 0 Å². The number of nitrogens with one attached hydrogen (secondary N) is 1. The van der Waals surface area contributed by atoms with E-state index in [1.807, 2.05) is 43.3 Å². The highest BCUT2D eigenvalue weighted by atomic mass is 32.2. The lowest BCUT2D eigenvalue weighted by Gasteiger charge is -2.13. The number of rotatable bonds is 5. The van der Waals surface area contributed by atoms with Crippen molar-refractivity contribution in [2.24, 2.45) is 0 Å². The lowest BCUT2D eigenvalue weighted by Crippen LogP contribution is -2.27. The van der Waals surface area contributed by atoms with Gasteiger partial charge < -0.3 is 9.73 Å². The molecular formula is C18H16N2O2S. The van der Waals surface area contributed by atoms with Crippen LogP contribution in [0, 0.1) is 0 Å². The van der Waals surface area contributed by atoms with Crippen LogP contribution >= 0.6 is 11.8 Å². The molecule has 3 rings (SSSR count). The van der Waals surface area contributed by atoms with Crippen LogP contribution in [0.15, 0.2) is 81.4 Å². The first kappa shape index (κ1) is 15.4. The third kappa shape index (κ3) is 3.81. The SMILES string of the molecule is CC(NC(=O)c1cccnc1Sc1ccccc1)c1ccco1. The van der Waals surface area contributed by atoms with E-state index in [9.17, 15) is 4.79 Å². The number of hydrogen-bond acceptors (Lipinski definition) is 4. The average Bonchev–Trinajstić information content (AvgIpc) is 3.11. The predicted octanol–water partition coefficient (Wildman–Crippen LogP) is 4.32. The second kappa shape index (κ2) is 7.15. The third-order valence-electron chi connectivity index (χ3n) is 3.29. The van der Waals surface area contributed by atoms with E-state index in [1.165, 1.54) is 11.8 Å². The second-order valence-electron chi connectivity index (χ2n) is 4.98. The van der Waals surface area contributed by atoms with Gasteiger partial charge in [0.25, 0.3) is 5.91 Å². The highest BCUT2D eigenvalue weighted by Crippen LogP contribution is 2.28. The molecule has 0 saturated heterocycles. The molecule has 1 amide bonds. The number of hydrogen-bond donors (Lipinski definition) is 1. The van der Waals surface area contributed by atoms with E-state index in [4.69, 9.17) is 4.42 Å². The zero-order chi connectivity index (χ0) is 16.1. The van der Waals surface area contributed by atoms with Gasteiger partial charge in [0.2, 0.25) is 0 Å². The molecule has 0 fully saturated rings. The van der Waals surface area contributed by atoms with Gasteiger partial charge in [-0.05, 0) is 43.3 Å². The molecule has 1 aromatic carbocycles. The summed E-state index contributed by atoms with van der Waals surface area (Å²) in [5.74, 6) is 0.555. The lowest BCUT2D eigenvalue weighted by atomic mass is 10.2. The predicted molar refractivity (Wildman–Crippen MR) is 89.4 cm³/mol. The van der Waals surface area contributed by atoms with Crippen molar-refractivity contribution in [2.75, 3.05) is 0 Å². The first-order chi connectivity index (χ1) is 11.2. The Morgan fingerprint density at radius 2 is 1.96 bits per heavy atom. The fourth-order valence-corrected chi connectivity index (χ4v) is 3.03. The summed E-state index contributed by atoms with van der Waals surface area (Å²) in [6, 6.07) is 16.9. The van der Waals surface area contributed by atoms with Crippen molar-refractivity contribution >= 4 is 17.7 Å². The van der Waals surface area contributed by atoms with Gasteiger partial charge in [-0.15, -0.1) is 0 Å². The minimum atomic E-state index is -0.202. The Balaban J connectivity index is 1.78. The molecule has 4 nitrogen and oxygen atoms in total. The second-order valence-corrected chi connectivity index (χ2v) is 6.04. The molecule has 0 aliphatic rings. The maximum atomic E-state index is 12.6. The minimum Gasteiger partial charge on any atom is -0.467 e. The van der Waals surface area contributed by atoms with Crippen LogP contribution in [0.25, 0.3) is 0 Å². The van der Waals surface area contributed by atoms with Crippen molar-refractivity contribution in [1.29, 1.82) is 0 Å². The van der Waals surface area contributed by atoms with Crippen molar-refractivity contribution in [3.8, 4) is 0 Å². The van der Waals surface area contributed by atoms with E-state index in [-0.39, 0.29) is 11.9 Å². The standard InChI is InChI=1S/C18H16N2O2S/c1-13(16-10-6-12-22-16)20-17(21)15-9-5-11-19-18(15)23-14-7-3-2-4-8-14/h2-13H,1H3,(H,20,21). The molecule has 23 heavy (non-hydrogen) atoms. The molecule has 5 heteroatoms. The fraction of sp³-hybridized carbons (Fsp3) is 0.111. The van der Waals surface area contributed by atoms with Gasteiger partial charge in [0, 0.05) is 11.1 Å². The smallest absolute Gasteiger partial charge is 0.254 e. The van der Waals surface area contributed by atoms with Gasteiger partial charge in [0.05, 0.1) is 17.9 Å². The first-order valence-electron chi connectivity index (χ1n) is 7.26. The van der Waals surface area contributed by atoms with E-state index >= 15 is 0 Å². The zero-order valence-electron chi connectivity index (χ0n) is 12.6. The number of carbonyl (C=O) groups excluding carboxylic acids is 1. The molecule has 0 spiro atoms. The van der Waals surface area contributed by atoms with Crippen molar-refractivity contribution < 1.29 is 9.21 Å². The maximum absolute atomic E-state index is 12.6. The van der Waals surface area contributed by atoms with Gasteiger partial charge in [-0.3, -0.25) is 4.79 Å². The largest absolute Gasteiger partial charge is 0.467 e.